The van der Waals surface area contributed by atoms with Gasteiger partial charge in [0.15, 0.2) is 0 Å². The molecule has 0 spiro atoms. The summed E-state index contributed by atoms with van der Waals surface area (Å²) in [7, 11) is 1.76. The Balaban J connectivity index is 1.55. The van der Waals surface area contributed by atoms with Crippen LogP contribution in [-0.2, 0) is 11.3 Å². The van der Waals surface area contributed by atoms with Gasteiger partial charge >= 0.3 is 0 Å². The molecule has 27 heavy (non-hydrogen) atoms. The number of hydrogen-bond donors (Lipinski definition) is 0. The fourth-order valence-corrected chi connectivity index (χ4v) is 3.09. The highest BCUT2D eigenvalue weighted by Gasteiger charge is 2.28. The van der Waals surface area contributed by atoms with Crippen LogP contribution in [0.3, 0.4) is 0 Å². The Morgan fingerprint density at radius 1 is 1.19 bits per heavy atom. The molecule has 0 radical (unpaired) electrons. The summed E-state index contributed by atoms with van der Waals surface area (Å²) in [5.41, 5.74) is 0.365. The first-order valence-corrected chi connectivity index (χ1v) is 8.90. The summed E-state index contributed by atoms with van der Waals surface area (Å²) in [6.07, 6.45) is 3.40. The molecule has 1 saturated heterocycles. The van der Waals surface area contributed by atoms with Gasteiger partial charge in [0.05, 0.1) is 6.04 Å². The maximum Gasteiger partial charge on any atom is 0.239 e. The predicted molar refractivity (Wildman–Crippen MR) is 98.1 cm³/mol. The summed E-state index contributed by atoms with van der Waals surface area (Å²) in [5, 5.41) is 0. The van der Waals surface area contributed by atoms with Crippen LogP contribution in [0.15, 0.2) is 36.7 Å². The minimum Gasteiger partial charge on any atom is -0.338 e. The molecule has 2 aromatic rings. The summed E-state index contributed by atoms with van der Waals surface area (Å²) >= 11 is 0. The minimum atomic E-state index is -0.608. The topological polar surface area (TPSA) is 52.6 Å². The van der Waals surface area contributed by atoms with Gasteiger partial charge in [-0.05, 0) is 26.1 Å². The van der Waals surface area contributed by atoms with Crippen molar-refractivity contribution in [3.63, 3.8) is 0 Å². The lowest BCUT2D eigenvalue weighted by Crippen LogP contribution is -2.53. The molecule has 0 unspecified atom stereocenters. The van der Waals surface area contributed by atoms with E-state index in [1.807, 2.05) is 9.80 Å². The quantitative estimate of drug-likeness (QED) is 0.799. The zero-order chi connectivity index (χ0) is 19.4. The first-order valence-electron chi connectivity index (χ1n) is 8.90. The van der Waals surface area contributed by atoms with Crippen LogP contribution in [-0.4, -0.2) is 64.9 Å². The van der Waals surface area contributed by atoms with Crippen molar-refractivity contribution >= 4 is 11.9 Å². The number of carbonyl (C=O) groups excluding carboxylic acids is 1. The Labute approximate surface area is 157 Å². The summed E-state index contributed by atoms with van der Waals surface area (Å²) < 4.78 is 26.9. The third-order valence-electron chi connectivity index (χ3n) is 4.88. The molecule has 6 nitrogen and oxygen atoms in total. The summed E-state index contributed by atoms with van der Waals surface area (Å²) in [6.45, 7) is 4.53. The number of likely N-dealkylation sites (N-methyl/N-ethyl adjacent to an activating group) is 1. The molecule has 2 heterocycles. The molecule has 3 rings (SSSR count). The Hall–Kier alpha value is -2.61. The molecule has 1 amide bonds. The van der Waals surface area contributed by atoms with Gasteiger partial charge in [0.25, 0.3) is 0 Å². The lowest BCUT2D eigenvalue weighted by molar-refractivity contribution is -0.136. The highest BCUT2D eigenvalue weighted by atomic mass is 19.1. The number of hydrogen-bond acceptors (Lipinski definition) is 5. The van der Waals surface area contributed by atoms with Crippen LogP contribution in [0.5, 0.6) is 0 Å². The van der Waals surface area contributed by atoms with Gasteiger partial charge in [-0.15, -0.1) is 0 Å². The third kappa shape index (κ3) is 4.57. The second-order valence-corrected chi connectivity index (χ2v) is 6.69. The largest absolute Gasteiger partial charge is 0.338 e. The van der Waals surface area contributed by atoms with Crippen LogP contribution in [0.4, 0.5) is 14.7 Å². The van der Waals surface area contributed by atoms with Gasteiger partial charge in [-0.2, -0.15) is 0 Å². The normalized spacial score (nSPS) is 15.9. The lowest BCUT2D eigenvalue weighted by atomic mass is 10.1. The number of rotatable bonds is 5. The van der Waals surface area contributed by atoms with E-state index in [0.717, 1.165) is 6.07 Å². The summed E-state index contributed by atoms with van der Waals surface area (Å²) in [5.74, 6) is -0.545. The van der Waals surface area contributed by atoms with Crippen molar-refractivity contribution < 1.29 is 13.6 Å². The van der Waals surface area contributed by atoms with Gasteiger partial charge in [-0.25, -0.2) is 18.7 Å². The van der Waals surface area contributed by atoms with E-state index in [1.165, 1.54) is 12.1 Å². The molecule has 0 bridgehead atoms. The fourth-order valence-electron chi connectivity index (χ4n) is 3.09. The van der Waals surface area contributed by atoms with Gasteiger partial charge in [-0.1, -0.05) is 6.07 Å². The molecular formula is C19H23F2N5O. The van der Waals surface area contributed by atoms with Crippen LogP contribution >= 0.6 is 0 Å². The van der Waals surface area contributed by atoms with Gasteiger partial charge in [0, 0.05) is 56.7 Å². The average molecular weight is 375 g/mol. The van der Waals surface area contributed by atoms with Crippen molar-refractivity contribution in [2.75, 3.05) is 38.1 Å². The van der Waals surface area contributed by atoms with E-state index < -0.39 is 17.7 Å². The van der Waals surface area contributed by atoms with E-state index in [1.54, 1.807) is 37.3 Å². The van der Waals surface area contributed by atoms with Crippen molar-refractivity contribution in [3.05, 3.63) is 53.9 Å². The summed E-state index contributed by atoms with van der Waals surface area (Å²) in [6, 6.07) is 4.86. The van der Waals surface area contributed by atoms with Crippen LogP contribution in [0.1, 0.15) is 12.5 Å². The molecule has 1 aliphatic heterocycles. The lowest BCUT2D eigenvalue weighted by Gasteiger charge is -2.37. The predicted octanol–water partition coefficient (Wildman–Crippen LogP) is 1.92. The summed E-state index contributed by atoms with van der Waals surface area (Å²) in [4.78, 5) is 26.9. The van der Waals surface area contributed by atoms with E-state index in [-0.39, 0.29) is 12.5 Å². The Bertz CT molecular complexity index is 781. The molecule has 8 heteroatoms. The standard InChI is InChI=1S/C19H23F2N5O/c1-14(24(2)13-15-4-5-16(20)12-17(15)21)18(27)25-8-10-26(11-9-25)19-22-6-3-7-23-19/h3-7,12,14H,8-11,13H2,1-2H3/t14-/m0/s1. The van der Waals surface area contributed by atoms with Crippen molar-refractivity contribution in [3.8, 4) is 0 Å². The molecule has 0 N–H and O–H groups in total. The van der Waals surface area contributed by atoms with Gasteiger partial charge in [0.2, 0.25) is 11.9 Å². The average Bonchev–Trinajstić information content (AvgIpc) is 2.69. The Morgan fingerprint density at radius 3 is 2.48 bits per heavy atom. The van der Waals surface area contributed by atoms with E-state index in [4.69, 9.17) is 0 Å². The monoisotopic (exact) mass is 375 g/mol. The highest BCUT2D eigenvalue weighted by Crippen LogP contribution is 2.15. The Kier molecular flexibility index (Phi) is 5.95. The van der Waals surface area contributed by atoms with Crippen LogP contribution in [0.2, 0.25) is 0 Å². The smallest absolute Gasteiger partial charge is 0.239 e. The molecule has 0 aliphatic carbocycles. The number of halogens is 2. The number of piperazine rings is 1. The highest BCUT2D eigenvalue weighted by molar-refractivity contribution is 5.81. The van der Waals surface area contributed by atoms with Gasteiger partial charge < -0.3 is 9.80 Å². The van der Waals surface area contributed by atoms with Crippen molar-refractivity contribution in [2.45, 2.75) is 19.5 Å². The third-order valence-corrected chi connectivity index (χ3v) is 4.88. The Morgan fingerprint density at radius 2 is 1.85 bits per heavy atom. The molecule has 1 atom stereocenters. The van der Waals surface area contributed by atoms with Gasteiger partial charge in [-0.3, -0.25) is 9.69 Å². The van der Waals surface area contributed by atoms with Gasteiger partial charge in [0.1, 0.15) is 11.6 Å². The number of aromatic nitrogens is 2. The second kappa shape index (κ2) is 8.39. The number of carbonyl (C=O) groups is 1. The number of amides is 1. The maximum absolute atomic E-state index is 13.9. The fraction of sp³-hybridized carbons (Fsp3) is 0.421. The minimum absolute atomic E-state index is 0.00588. The zero-order valence-corrected chi connectivity index (χ0v) is 15.5. The van der Waals surface area contributed by atoms with Crippen LogP contribution < -0.4 is 4.90 Å². The molecule has 144 valence electrons. The first-order chi connectivity index (χ1) is 13.0. The SMILES string of the molecule is C[C@@H](C(=O)N1CCN(c2ncccn2)CC1)N(C)Cc1ccc(F)cc1F. The molecule has 1 aliphatic rings. The van der Waals surface area contributed by atoms with E-state index >= 15 is 0 Å². The second-order valence-electron chi connectivity index (χ2n) is 6.69. The zero-order valence-electron chi connectivity index (χ0n) is 15.5. The first kappa shape index (κ1) is 19.2. The number of benzene rings is 1. The number of nitrogens with zero attached hydrogens (tertiary/aromatic N) is 5. The van der Waals surface area contributed by atoms with E-state index in [0.29, 0.717) is 37.7 Å². The van der Waals surface area contributed by atoms with Crippen molar-refractivity contribution in [1.29, 1.82) is 0 Å². The molecular weight excluding hydrogens is 352 g/mol. The van der Waals surface area contributed by atoms with Crippen LogP contribution in [0, 0.1) is 11.6 Å². The maximum atomic E-state index is 13.9. The van der Waals surface area contributed by atoms with Crippen molar-refractivity contribution in [2.24, 2.45) is 0 Å². The van der Waals surface area contributed by atoms with Crippen LogP contribution in [0.25, 0.3) is 0 Å². The molecule has 1 aromatic carbocycles. The number of anilines is 1. The molecule has 1 fully saturated rings. The molecule has 1 aromatic heterocycles. The van der Waals surface area contributed by atoms with E-state index in [9.17, 15) is 13.6 Å². The van der Waals surface area contributed by atoms with E-state index in [2.05, 4.69) is 9.97 Å². The van der Waals surface area contributed by atoms with Crippen molar-refractivity contribution in [1.82, 2.24) is 19.8 Å². The molecule has 0 saturated carbocycles.